The molecule has 3 N–H and O–H groups in total. The van der Waals surface area contributed by atoms with Gasteiger partial charge in [0.15, 0.2) is 0 Å². The molecule has 1 unspecified atom stereocenters. The van der Waals surface area contributed by atoms with Gasteiger partial charge in [-0.05, 0) is 34.1 Å². The summed E-state index contributed by atoms with van der Waals surface area (Å²) in [7, 11) is -3.71. The highest BCUT2D eigenvalue weighted by molar-refractivity contribution is 9.10. The molecule has 0 saturated carbocycles. The summed E-state index contributed by atoms with van der Waals surface area (Å²) in [5.74, 6) is 0. The summed E-state index contributed by atoms with van der Waals surface area (Å²) in [6.07, 6.45) is -1.12. The largest absolute Gasteiger partial charge is 0.394 e. The third-order valence-corrected chi connectivity index (χ3v) is 4.56. The zero-order valence-corrected chi connectivity index (χ0v) is 11.8. The molecule has 8 heteroatoms. The average molecular weight is 345 g/mol. The second-order valence-electron chi connectivity index (χ2n) is 3.26. The molecule has 0 radical (unpaired) electrons. The van der Waals surface area contributed by atoms with Crippen LogP contribution in [0.3, 0.4) is 0 Å². The molecule has 0 fully saturated rings. The number of nitrogens with one attached hydrogen (secondary N) is 1. The van der Waals surface area contributed by atoms with E-state index in [1.54, 1.807) is 0 Å². The fraction of sp³-hybridized carbons (Fsp3) is 0.333. The maximum absolute atomic E-state index is 11.7. The van der Waals surface area contributed by atoms with Crippen molar-refractivity contribution in [2.75, 3.05) is 13.2 Å². The van der Waals surface area contributed by atoms with Gasteiger partial charge >= 0.3 is 0 Å². The Morgan fingerprint density at radius 3 is 2.65 bits per heavy atom. The summed E-state index contributed by atoms with van der Waals surface area (Å²) in [5, 5.41) is 18.0. The van der Waals surface area contributed by atoms with E-state index in [9.17, 15) is 8.42 Å². The van der Waals surface area contributed by atoms with Crippen molar-refractivity contribution in [1.82, 2.24) is 4.72 Å². The molecule has 1 rings (SSSR count). The number of sulfonamides is 1. The molecule has 1 aromatic rings. The summed E-state index contributed by atoms with van der Waals surface area (Å²) in [6, 6.07) is 4.15. The first-order chi connectivity index (χ1) is 7.86. The lowest BCUT2D eigenvalue weighted by molar-refractivity contribution is 0.0988. The summed E-state index contributed by atoms with van der Waals surface area (Å²) >= 11 is 8.86. The Bertz CT molecular complexity index is 494. The fourth-order valence-electron chi connectivity index (χ4n) is 0.998. The Hall–Kier alpha value is -0.180. The molecule has 0 bridgehead atoms. The summed E-state index contributed by atoms with van der Waals surface area (Å²) < 4.78 is 26.1. The lowest BCUT2D eigenvalue weighted by Gasteiger charge is -2.10. The van der Waals surface area contributed by atoms with Crippen LogP contribution in [0, 0.1) is 0 Å². The van der Waals surface area contributed by atoms with Gasteiger partial charge in [0.1, 0.15) is 0 Å². The Kier molecular flexibility index (Phi) is 5.36. The van der Waals surface area contributed by atoms with Gasteiger partial charge in [-0.15, -0.1) is 0 Å². The van der Waals surface area contributed by atoms with E-state index in [1.807, 2.05) is 0 Å². The van der Waals surface area contributed by atoms with Crippen molar-refractivity contribution >= 4 is 37.6 Å². The summed E-state index contributed by atoms with van der Waals surface area (Å²) in [6.45, 7) is -0.758. The van der Waals surface area contributed by atoms with Gasteiger partial charge in [0.25, 0.3) is 0 Å². The third-order valence-electron chi connectivity index (χ3n) is 1.92. The van der Waals surface area contributed by atoms with E-state index < -0.39 is 22.7 Å². The highest BCUT2D eigenvalue weighted by Crippen LogP contribution is 2.25. The second kappa shape index (κ2) is 6.12. The summed E-state index contributed by atoms with van der Waals surface area (Å²) in [4.78, 5) is 0.0268. The van der Waals surface area contributed by atoms with Crippen LogP contribution in [0.1, 0.15) is 0 Å². The predicted octanol–water partition coefficient (Wildman–Crippen LogP) is 0.734. The quantitative estimate of drug-likeness (QED) is 0.735. The van der Waals surface area contributed by atoms with Crippen molar-refractivity contribution in [3.63, 3.8) is 0 Å². The van der Waals surface area contributed by atoms with Crippen LogP contribution in [-0.4, -0.2) is 37.9 Å². The van der Waals surface area contributed by atoms with Crippen molar-refractivity contribution < 1.29 is 18.6 Å². The summed E-state index contributed by atoms with van der Waals surface area (Å²) in [5.41, 5.74) is 0. The minimum absolute atomic E-state index is 0.0268. The molecule has 1 aromatic carbocycles. The van der Waals surface area contributed by atoms with E-state index in [0.717, 1.165) is 0 Å². The van der Waals surface area contributed by atoms with Crippen LogP contribution < -0.4 is 4.72 Å². The fourth-order valence-corrected chi connectivity index (χ4v) is 2.74. The van der Waals surface area contributed by atoms with Crippen LogP contribution in [0.4, 0.5) is 0 Å². The van der Waals surface area contributed by atoms with E-state index in [2.05, 4.69) is 20.7 Å². The van der Waals surface area contributed by atoms with Crippen molar-refractivity contribution in [2.45, 2.75) is 11.0 Å². The van der Waals surface area contributed by atoms with Crippen LogP contribution in [0.25, 0.3) is 0 Å². The maximum Gasteiger partial charge on any atom is 0.240 e. The van der Waals surface area contributed by atoms with E-state index in [1.165, 1.54) is 18.2 Å². The highest BCUT2D eigenvalue weighted by Gasteiger charge is 2.16. The Balaban J connectivity index is 2.86. The van der Waals surface area contributed by atoms with Crippen LogP contribution in [0.2, 0.25) is 5.02 Å². The molecule has 96 valence electrons. The van der Waals surface area contributed by atoms with Gasteiger partial charge < -0.3 is 10.2 Å². The van der Waals surface area contributed by atoms with Gasteiger partial charge in [-0.2, -0.15) is 0 Å². The van der Waals surface area contributed by atoms with Crippen LogP contribution in [0.5, 0.6) is 0 Å². The van der Waals surface area contributed by atoms with Gasteiger partial charge in [-0.25, -0.2) is 13.1 Å². The van der Waals surface area contributed by atoms with E-state index >= 15 is 0 Å². The standard InChI is InChI=1S/C9H11BrClNO4S/c10-8-3-7(1-2-9(8)11)17(15,16)12-4-6(14)5-13/h1-3,6,12-14H,4-5H2. The molecule has 1 atom stereocenters. The van der Waals surface area contributed by atoms with Crippen molar-refractivity contribution in [3.05, 3.63) is 27.7 Å². The molecule has 0 aromatic heterocycles. The molecule has 0 heterocycles. The van der Waals surface area contributed by atoms with Crippen molar-refractivity contribution in [2.24, 2.45) is 0 Å². The Morgan fingerprint density at radius 2 is 2.12 bits per heavy atom. The molecule has 0 saturated heterocycles. The van der Waals surface area contributed by atoms with Gasteiger partial charge in [-0.1, -0.05) is 11.6 Å². The molecule has 0 aliphatic carbocycles. The second-order valence-corrected chi connectivity index (χ2v) is 6.29. The number of benzene rings is 1. The lowest BCUT2D eigenvalue weighted by atomic mass is 10.4. The van der Waals surface area contributed by atoms with Gasteiger partial charge in [0, 0.05) is 11.0 Å². The van der Waals surface area contributed by atoms with E-state index in [-0.39, 0.29) is 11.4 Å². The first-order valence-corrected chi connectivity index (χ1v) is 7.26. The molecule has 0 spiro atoms. The first-order valence-electron chi connectivity index (χ1n) is 4.60. The number of aliphatic hydroxyl groups is 2. The third kappa shape index (κ3) is 4.20. The molecule has 0 aliphatic heterocycles. The monoisotopic (exact) mass is 343 g/mol. The number of hydrogen-bond donors (Lipinski definition) is 3. The normalized spacial score (nSPS) is 13.6. The van der Waals surface area contributed by atoms with Crippen LogP contribution >= 0.6 is 27.5 Å². The highest BCUT2D eigenvalue weighted by atomic mass is 79.9. The molecule has 0 amide bonds. The zero-order valence-electron chi connectivity index (χ0n) is 8.60. The van der Waals surface area contributed by atoms with Crippen molar-refractivity contribution in [1.29, 1.82) is 0 Å². The Morgan fingerprint density at radius 1 is 1.47 bits per heavy atom. The molecule has 0 aliphatic rings. The zero-order chi connectivity index (χ0) is 13.1. The van der Waals surface area contributed by atoms with Crippen LogP contribution in [0.15, 0.2) is 27.6 Å². The minimum atomic E-state index is -3.71. The topological polar surface area (TPSA) is 86.6 Å². The number of halogens is 2. The van der Waals surface area contributed by atoms with Gasteiger partial charge in [0.2, 0.25) is 10.0 Å². The average Bonchev–Trinajstić information content (AvgIpc) is 2.29. The Labute approximate surface area is 113 Å². The van der Waals surface area contributed by atoms with Gasteiger partial charge in [0.05, 0.1) is 22.6 Å². The number of rotatable bonds is 5. The first kappa shape index (κ1) is 14.9. The minimum Gasteiger partial charge on any atom is -0.394 e. The molecular weight excluding hydrogens is 334 g/mol. The predicted molar refractivity (Wildman–Crippen MR) is 67.4 cm³/mol. The molecular formula is C9H11BrClNO4S. The SMILES string of the molecule is O=S(=O)(NCC(O)CO)c1ccc(Cl)c(Br)c1. The van der Waals surface area contributed by atoms with Crippen molar-refractivity contribution in [3.8, 4) is 0 Å². The number of hydrogen-bond acceptors (Lipinski definition) is 4. The van der Waals surface area contributed by atoms with E-state index in [4.69, 9.17) is 21.8 Å². The number of aliphatic hydroxyl groups excluding tert-OH is 2. The smallest absolute Gasteiger partial charge is 0.240 e. The molecule has 5 nitrogen and oxygen atoms in total. The van der Waals surface area contributed by atoms with Gasteiger partial charge in [-0.3, -0.25) is 0 Å². The lowest BCUT2D eigenvalue weighted by Crippen LogP contribution is -2.33. The molecule has 17 heavy (non-hydrogen) atoms. The van der Waals surface area contributed by atoms with Crippen LogP contribution in [-0.2, 0) is 10.0 Å². The van der Waals surface area contributed by atoms with E-state index in [0.29, 0.717) is 9.50 Å². The maximum atomic E-state index is 11.7.